The molecule has 0 fully saturated rings. The van der Waals surface area contributed by atoms with Gasteiger partial charge in [0.1, 0.15) is 0 Å². The minimum atomic E-state index is -0.771. The number of carboxylic acid groups (broad SMARTS) is 1. The Morgan fingerprint density at radius 1 is 0.750 bits per heavy atom. The molecule has 5 aromatic rings. The lowest BCUT2D eigenvalue weighted by Gasteiger charge is -2.15. The number of unbranched alkanes of at least 4 members (excludes halogenated alkanes) is 2. The number of hydrogen-bond acceptors (Lipinski definition) is 4. The van der Waals surface area contributed by atoms with Gasteiger partial charge in [-0.25, -0.2) is 0 Å². The van der Waals surface area contributed by atoms with Gasteiger partial charge in [0, 0.05) is 22.9 Å². The van der Waals surface area contributed by atoms with E-state index >= 15 is 0 Å². The topological polar surface area (TPSA) is 69.9 Å². The molecule has 0 aliphatic rings. The fourth-order valence-electron chi connectivity index (χ4n) is 5.00. The Kier molecular flexibility index (Phi) is 8.35. The van der Waals surface area contributed by atoms with Crippen LogP contribution in [0, 0.1) is 0 Å². The molecule has 1 heterocycles. The lowest BCUT2D eigenvalue weighted by atomic mass is 10.1. The highest BCUT2D eigenvalue weighted by Crippen LogP contribution is 2.39. The van der Waals surface area contributed by atoms with Crippen LogP contribution in [0.5, 0.6) is 17.2 Å². The number of fused-ring (bicyclic) bond motifs is 3. The number of hydrogen-bond donors (Lipinski definition) is 1. The second-order valence-corrected chi connectivity index (χ2v) is 9.60. The van der Waals surface area contributed by atoms with Crippen LogP contribution in [0.2, 0.25) is 0 Å². The molecule has 6 heteroatoms. The summed E-state index contributed by atoms with van der Waals surface area (Å²) in [6, 6.07) is 29.4. The van der Waals surface area contributed by atoms with E-state index in [-0.39, 0.29) is 6.42 Å². The van der Waals surface area contributed by atoms with E-state index in [4.69, 9.17) is 19.3 Å². The molecule has 0 unspecified atom stereocenters. The first-order chi connectivity index (χ1) is 19.6. The molecular weight excluding hydrogens is 502 g/mol. The Hall–Kier alpha value is -4.71. The fraction of sp³-hybridized carbons (Fsp3) is 0.206. The highest BCUT2D eigenvalue weighted by molar-refractivity contribution is 6.09. The number of aromatic nitrogens is 1. The number of benzene rings is 4. The molecule has 5 rings (SSSR count). The summed E-state index contributed by atoms with van der Waals surface area (Å²) in [5, 5.41) is 11.3. The summed E-state index contributed by atoms with van der Waals surface area (Å²) in [4.78, 5) is 10.7. The summed E-state index contributed by atoms with van der Waals surface area (Å²) in [5.74, 6) is 0.959. The summed E-state index contributed by atoms with van der Waals surface area (Å²) >= 11 is 0. The van der Waals surface area contributed by atoms with Gasteiger partial charge in [0.05, 0.1) is 31.9 Å². The molecule has 40 heavy (non-hydrogen) atoms. The van der Waals surface area contributed by atoms with E-state index in [1.807, 2.05) is 18.2 Å². The van der Waals surface area contributed by atoms with Crippen molar-refractivity contribution in [3.63, 3.8) is 0 Å². The van der Waals surface area contributed by atoms with Crippen molar-refractivity contribution in [3.05, 3.63) is 96.1 Å². The maximum Gasteiger partial charge on any atom is 0.303 e. The second kappa shape index (κ2) is 12.4. The predicted molar refractivity (Wildman–Crippen MR) is 161 cm³/mol. The first kappa shape index (κ1) is 26.9. The zero-order valence-corrected chi connectivity index (χ0v) is 22.8. The van der Waals surface area contributed by atoms with E-state index in [2.05, 4.69) is 83.4 Å². The summed E-state index contributed by atoms with van der Waals surface area (Å²) in [7, 11) is 3.21. The molecule has 0 aliphatic heterocycles. The average Bonchev–Trinajstić information content (AvgIpc) is 3.32. The van der Waals surface area contributed by atoms with Gasteiger partial charge in [-0.05, 0) is 66.8 Å². The maximum absolute atomic E-state index is 10.7. The maximum atomic E-state index is 10.7. The fourth-order valence-corrected chi connectivity index (χ4v) is 5.00. The van der Waals surface area contributed by atoms with Crippen molar-refractivity contribution in [2.24, 2.45) is 0 Å². The Bertz CT molecular complexity index is 1570. The van der Waals surface area contributed by atoms with Gasteiger partial charge in [-0.3, -0.25) is 4.79 Å². The number of carboxylic acids is 1. The number of nitrogens with zero attached hydrogens (tertiary/aromatic N) is 1. The van der Waals surface area contributed by atoms with Crippen LogP contribution in [-0.2, 0) is 4.79 Å². The Balaban J connectivity index is 1.33. The van der Waals surface area contributed by atoms with Crippen molar-refractivity contribution < 1.29 is 24.1 Å². The molecule has 0 aliphatic carbocycles. The number of carbonyl (C=O) groups is 1. The van der Waals surface area contributed by atoms with Crippen LogP contribution >= 0.6 is 0 Å². The highest BCUT2D eigenvalue weighted by atomic mass is 16.5. The third kappa shape index (κ3) is 5.81. The van der Waals surface area contributed by atoms with E-state index in [1.54, 1.807) is 14.2 Å². The molecule has 4 aromatic carbocycles. The molecule has 1 N–H and O–H groups in total. The monoisotopic (exact) mass is 535 g/mol. The van der Waals surface area contributed by atoms with Crippen LogP contribution in [0.3, 0.4) is 0 Å². The van der Waals surface area contributed by atoms with Crippen LogP contribution < -0.4 is 14.2 Å². The van der Waals surface area contributed by atoms with Crippen molar-refractivity contribution in [3.8, 4) is 22.9 Å². The normalized spacial score (nSPS) is 11.3. The van der Waals surface area contributed by atoms with E-state index in [1.165, 1.54) is 21.8 Å². The number of aliphatic carboxylic acids is 1. The standard InChI is InChI=1S/C34H33NO5/c1-38-31-22-25(23-32(39-2)34(31)40-21-9-3-4-14-33(36)37)16-15-24-17-19-26(20-18-24)35-29-12-7-5-10-27(29)28-11-6-8-13-30(28)35/h5-8,10-13,15-20,22-23H,3-4,9,14,21H2,1-2H3,(H,36,37)/b16-15+. The lowest BCUT2D eigenvalue weighted by Crippen LogP contribution is -2.02. The van der Waals surface area contributed by atoms with E-state index in [9.17, 15) is 4.79 Å². The second-order valence-electron chi connectivity index (χ2n) is 9.60. The van der Waals surface area contributed by atoms with Gasteiger partial charge in [0.25, 0.3) is 0 Å². The van der Waals surface area contributed by atoms with Gasteiger partial charge in [-0.1, -0.05) is 60.7 Å². The average molecular weight is 536 g/mol. The van der Waals surface area contributed by atoms with Crippen LogP contribution in [0.4, 0.5) is 0 Å². The Morgan fingerprint density at radius 3 is 1.90 bits per heavy atom. The number of ether oxygens (including phenoxy) is 3. The van der Waals surface area contributed by atoms with Crippen LogP contribution in [0.1, 0.15) is 36.8 Å². The molecule has 0 saturated carbocycles. The Morgan fingerprint density at radius 2 is 1.32 bits per heavy atom. The summed E-state index contributed by atoms with van der Waals surface area (Å²) in [5.41, 5.74) is 5.49. The molecule has 0 spiro atoms. The zero-order valence-electron chi connectivity index (χ0n) is 22.8. The van der Waals surface area contributed by atoms with Gasteiger partial charge < -0.3 is 23.9 Å². The van der Waals surface area contributed by atoms with E-state index < -0.39 is 5.97 Å². The molecule has 0 amide bonds. The lowest BCUT2D eigenvalue weighted by molar-refractivity contribution is -0.137. The minimum Gasteiger partial charge on any atom is -0.493 e. The van der Waals surface area contributed by atoms with Gasteiger partial charge in [-0.15, -0.1) is 0 Å². The Labute approximate surface area is 234 Å². The number of para-hydroxylation sites is 2. The van der Waals surface area contributed by atoms with Crippen molar-refractivity contribution in [1.82, 2.24) is 4.57 Å². The van der Waals surface area contributed by atoms with Crippen LogP contribution in [-0.4, -0.2) is 36.5 Å². The van der Waals surface area contributed by atoms with Crippen LogP contribution in [0.15, 0.2) is 84.9 Å². The smallest absolute Gasteiger partial charge is 0.303 e. The molecule has 0 saturated heterocycles. The summed E-state index contributed by atoms with van der Waals surface area (Å²) in [6.45, 7) is 0.458. The molecule has 6 nitrogen and oxygen atoms in total. The largest absolute Gasteiger partial charge is 0.493 e. The van der Waals surface area contributed by atoms with Gasteiger partial charge >= 0.3 is 5.97 Å². The molecule has 204 valence electrons. The first-order valence-corrected chi connectivity index (χ1v) is 13.5. The molecule has 0 bridgehead atoms. The predicted octanol–water partition coefficient (Wildman–Crippen LogP) is 8.00. The van der Waals surface area contributed by atoms with Crippen molar-refractivity contribution >= 4 is 39.9 Å². The molecule has 0 radical (unpaired) electrons. The first-order valence-electron chi connectivity index (χ1n) is 13.5. The minimum absolute atomic E-state index is 0.177. The highest BCUT2D eigenvalue weighted by Gasteiger charge is 2.14. The molecule has 0 atom stereocenters. The van der Waals surface area contributed by atoms with Gasteiger partial charge in [-0.2, -0.15) is 0 Å². The van der Waals surface area contributed by atoms with E-state index in [0.717, 1.165) is 29.7 Å². The summed E-state index contributed by atoms with van der Waals surface area (Å²) < 4.78 is 19.5. The third-order valence-corrected chi connectivity index (χ3v) is 6.96. The quantitative estimate of drug-likeness (QED) is 0.129. The van der Waals surface area contributed by atoms with Crippen molar-refractivity contribution in [2.75, 3.05) is 20.8 Å². The third-order valence-electron chi connectivity index (χ3n) is 6.96. The number of methoxy groups -OCH3 is 2. The van der Waals surface area contributed by atoms with Gasteiger partial charge in [0.15, 0.2) is 11.5 Å². The zero-order chi connectivity index (χ0) is 27.9. The summed E-state index contributed by atoms with van der Waals surface area (Å²) in [6.07, 6.45) is 6.44. The SMILES string of the molecule is COc1cc(/C=C/c2ccc(-n3c4ccccc4c4ccccc43)cc2)cc(OC)c1OCCCCCC(=O)O. The van der Waals surface area contributed by atoms with E-state index in [0.29, 0.717) is 30.3 Å². The van der Waals surface area contributed by atoms with Crippen LogP contribution in [0.25, 0.3) is 39.6 Å². The van der Waals surface area contributed by atoms with Gasteiger partial charge in [0.2, 0.25) is 5.75 Å². The molecular formula is C34H33NO5. The van der Waals surface area contributed by atoms with Crippen molar-refractivity contribution in [1.29, 1.82) is 0 Å². The van der Waals surface area contributed by atoms with Crippen molar-refractivity contribution in [2.45, 2.75) is 25.7 Å². The number of rotatable bonds is 12. The molecule has 1 aromatic heterocycles.